The molecule has 166 valence electrons. The minimum Gasteiger partial charge on any atom is -0.509 e. The van der Waals surface area contributed by atoms with Gasteiger partial charge in [-0.1, -0.05) is 0 Å². The van der Waals surface area contributed by atoms with E-state index in [1.165, 1.54) is 25.0 Å². The first-order chi connectivity index (χ1) is 15.4. The number of allylic oxidation sites excluding steroid dienone is 1. The van der Waals surface area contributed by atoms with Gasteiger partial charge in [-0.05, 0) is 56.9 Å². The van der Waals surface area contributed by atoms with Crippen LogP contribution in [0, 0.1) is 17.1 Å². The van der Waals surface area contributed by atoms with Crippen molar-refractivity contribution in [3.8, 4) is 11.3 Å². The largest absolute Gasteiger partial charge is 0.509 e. The second kappa shape index (κ2) is 7.90. The van der Waals surface area contributed by atoms with Crippen molar-refractivity contribution in [2.45, 2.75) is 45.7 Å². The van der Waals surface area contributed by atoms with Crippen molar-refractivity contribution in [3.05, 3.63) is 59.0 Å². The maximum atomic E-state index is 13.5. The van der Waals surface area contributed by atoms with Crippen LogP contribution >= 0.6 is 0 Å². The molecule has 1 unspecified atom stereocenters. The Hall–Kier alpha value is -3.46. The molecule has 1 aromatic heterocycles. The summed E-state index contributed by atoms with van der Waals surface area (Å²) in [4.78, 5) is 4.60. The third-order valence-electron chi connectivity index (χ3n) is 6.01. The topological polar surface area (TPSA) is 102 Å². The molecule has 4 N–H and O–H groups in total. The highest BCUT2D eigenvalue weighted by molar-refractivity contribution is 6.03. The summed E-state index contributed by atoms with van der Waals surface area (Å²) >= 11 is 0. The van der Waals surface area contributed by atoms with Crippen LogP contribution in [0.4, 0.5) is 10.2 Å². The normalized spacial score (nSPS) is 23.7. The lowest BCUT2D eigenvalue weighted by atomic mass is 10.1. The molecule has 2 aliphatic heterocycles. The van der Waals surface area contributed by atoms with E-state index >= 15 is 0 Å². The van der Waals surface area contributed by atoms with Crippen LogP contribution in [-0.4, -0.2) is 38.0 Å². The fourth-order valence-corrected chi connectivity index (χ4v) is 4.05. The number of aliphatic imine (C=N–C) groups is 1. The molecule has 5 rings (SSSR count). The van der Waals surface area contributed by atoms with Crippen LogP contribution in [0.25, 0.3) is 11.3 Å². The molecule has 9 heteroatoms. The summed E-state index contributed by atoms with van der Waals surface area (Å²) in [6.07, 6.45) is 6.26. The summed E-state index contributed by atoms with van der Waals surface area (Å²) in [6, 6.07) is 6.09. The minimum atomic E-state index is -0.292. The third kappa shape index (κ3) is 3.80. The fraction of sp³-hybridized carbons (Fsp3) is 0.348. The molecule has 1 fully saturated rings. The van der Waals surface area contributed by atoms with Gasteiger partial charge < -0.3 is 10.4 Å². The SMILES string of the molecule is CC1=C(O)C(C)NN1C1=C/C(=N)Nc2c(c(-c3ccc(F)cc3)nn2CC2CC2)C/C=N\1. The van der Waals surface area contributed by atoms with Crippen molar-refractivity contribution in [1.29, 1.82) is 5.41 Å². The van der Waals surface area contributed by atoms with E-state index in [1.807, 2.05) is 11.6 Å². The van der Waals surface area contributed by atoms with Gasteiger partial charge in [0.15, 0.2) is 5.82 Å². The van der Waals surface area contributed by atoms with Crippen LogP contribution in [0.2, 0.25) is 0 Å². The maximum absolute atomic E-state index is 13.5. The molecule has 1 aliphatic carbocycles. The molecule has 1 aromatic carbocycles. The molecule has 8 nitrogen and oxygen atoms in total. The standard InChI is InChI=1S/C23H26FN7O/c1-13-22(32)14(2)31(28-13)20-11-19(25)27-23-18(9-10-26-20)21(16-5-7-17(24)8-6-16)29-30(23)12-15-3-4-15/h5-8,10-11,13,15,28,32H,3-4,9,12H2,1-2H3,(H2,25,27)/b20-11+,26-10-. The van der Waals surface area contributed by atoms with Gasteiger partial charge in [-0.15, -0.1) is 0 Å². The van der Waals surface area contributed by atoms with E-state index in [0.29, 0.717) is 23.9 Å². The second-order valence-corrected chi connectivity index (χ2v) is 8.52. The second-order valence-electron chi connectivity index (χ2n) is 8.52. The average Bonchev–Trinajstić information content (AvgIpc) is 3.46. The maximum Gasteiger partial charge on any atom is 0.150 e. The molecule has 0 spiro atoms. The lowest BCUT2D eigenvalue weighted by Gasteiger charge is -2.21. The Morgan fingerprint density at radius 3 is 2.66 bits per heavy atom. The zero-order valence-electron chi connectivity index (χ0n) is 18.1. The number of hydrogen-bond donors (Lipinski definition) is 4. The third-order valence-corrected chi connectivity index (χ3v) is 6.01. The molecule has 0 amide bonds. The van der Waals surface area contributed by atoms with Gasteiger partial charge in [0, 0.05) is 36.4 Å². The van der Waals surface area contributed by atoms with E-state index in [0.717, 1.165) is 29.2 Å². The van der Waals surface area contributed by atoms with Crippen LogP contribution < -0.4 is 10.7 Å². The number of halogens is 1. The number of aliphatic hydroxyl groups excluding tert-OH is 1. The molecular weight excluding hydrogens is 409 g/mol. The van der Waals surface area contributed by atoms with Crippen molar-refractivity contribution < 1.29 is 9.50 Å². The van der Waals surface area contributed by atoms with Gasteiger partial charge in [0.05, 0.1) is 17.4 Å². The Balaban J connectivity index is 1.54. The van der Waals surface area contributed by atoms with E-state index in [-0.39, 0.29) is 23.5 Å². The molecular formula is C23H26FN7O. The monoisotopic (exact) mass is 435 g/mol. The Labute approximate surface area is 185 Å². The number of nitrogens with one attached hydrogen (secondary N) is 3. The summed E-state index contributed by atoms with van der Waals surface area (Å²) < 4.78 is 15.4. The molecule has 0 saturated heterocycles. The van der Waals surface area contributed by atoms with Crippen molar-refractivity contribution >= 4 is 17.9 Å². The van der Waals surface area contributed by atoms with E-state index in [1.54, 1.807) is 36.4 Å². The van der Waals surface area contributed by atoms with Gasteiger partial charge >= 0.3 is 0 Å². The molecule has 0 radical (unpaired) electrons. The van der Waals surface area contributed by atoms with Gasteiger partial charge in [-0.25, -0.2) is 19.5 Å². The minimum absolute atomic E-state index is 0.163. The molecule has 32 heavy (non-hydrogen) atoms. The van der Waals surface area contributed by atoms with Crippen LogP contribution in [0.5, 0.6) is 0 Å². The number of aromatic nitrogens is 2. The van der Waals surface area contributed by atoms with Crippen LogP contribution in [-0.2, 0) is 13.0 Å². The predicted octanol–water partition coefficient (Wildman–Crippen LogP) is 3.95. The van der Waals surface area contributed by atoms with E-state index in [2.05, 4.69) is 15.7 Å². The quantitative estimate of drug-likeness (QED) is 0.582. The number of amidine groups is 1. The molecule has 2 aromatic rings. The summed E-state index contributed by atoms with van der Waals surface area (Å²) in [5, 5.41) is 28.5. The zero-order valence-corrected chi connectivity index (χ0v) is 18.1. The lowest BCUT2D eigenvalue weighted by Crippen LogP contribution is -2.35. The highest BCUT2D eigenvalue weighted by atomic mass is 19.1. The zero-order chi connectivity index (χ0) is 22.4. The van der Waals surface area contributed by atoms with Gasteiger partial charge in [-0.3, -0.25) is 10.4 Å². The first kappa shape index (κ1) is 20.4. The number of rotatable bonds is 4. The Morgan fingerprint density at radius 1 is 1.25 bits per heavy atom. The number of hydrogen-bond acceptors (Lipinski definition) is 6. The Morgan fingerprint density at radius 2 is 2.00 bits per heavy atom. The van der Waals surface area contributed by atoms with Gasteiger partial charge in [0.1, 0.15) is 23.2 Å². The highest BCUT2D eigenvalue weighted by Gasteiger charge is 2.29. The summed E-state index contributed by atoms with van der Waals surface area (Å²) in [5.41, 5.74) is 6.32. The Kier molecular flexibility index (Phi) is 5.05. The van der Waals surface area contributed by atoms with Crippen LogP contribution in [0.3, 0.4) is 0 Å². The number of benzene rings is 1. The van der Waals surface area contributed by atoms with Crippen molar-refractivity contribution in [2.75, 3.05) is 5.32 Å². The molecule has 3 aliphatic rings. The Bertz CT molecular complexity index is 1160. The van der Waals surface area contributed by atoms with Crippen molar-refractivity contribution in [1.82, 2.24) is 20.2 Å². The van der Waals surface area contributed by atoms with E-state index < -0.39 is 0 Å². The number of nitrogens with zero attached hydrogens (tertiary/aromatic N) is 4. The number of fused-ring (bicyclic) bond motifs is 1. The summed E-state index contributed by atoms with van der Waals surface area (Å²) in [5.74, 6) is 1.99. The number of aliphatic hydroxyl groups is 1. The number of anilines is 1. The van der Waals surface area contributed by atoms with Gasteiger partial charge in [0.2, 0.25) is 0 Å². The molecule has 3 heterocycles. The molecule has 1 atom stereocenters. The van der Waals surface area contributed by atoms with Crippen LogP contribution in [0.15, 0.2) is 52.6 Å². The first-order valence-corrected chi connectivity index (χ1v) is 10.8. The van der Waals surface area contributed by atoms with Crippen LogP contribution in [0.1, 0.15) is 32.3 Å². The van der Waals surface area contributed by atoms with E-state index in [4.69, 9.17) is 10.5 Å². The van der Waals surface area contributed by atoms with E-state index in [9.17, 15) is 9.50 Å². The van der Waals surface area contributed by atoms with Crippen molar-refractivity contribution in [2.24, 2.45) is 10.9 Å². The van der Waals surface area contributed by atoms with Gasteiger partial charge in [0.25, 0.3) is 0 Å². The fourth-order valence-electron chi connectivity index (χ4n) is 4.05. The van der Waals surface area contributed by atoms with Gasteiger partial charge in [-0.2, -0.15) is 5.10 Å². The highest BCUT2D eigenvalue weighted by Crippen LogP contribution is 2.35. The lowest BCUT2D eigenvalue weighted by molar-refractivity contribution is 0.309. The predicted molar refractivity (Wildman–Crippen MR) is 122 cm³/mol. The average molecular weight is 436 g/mol. The summed E-state index contributed by atoms with van der Waals surface area (Å²) in [6.45, 7) is 4.44. The summed E-state index contributed by atoms with van der Waals surface area (Å²) in [7, 11) is 0. The molecule has 1 saturated carbocycles. The number of hydrazine groups is 1. The first-order valence-electron chi connectivity index (χ1n) is 10.8. The van der Waals surface area contributed by atoms with Crippen molar-refractivity contribution in [3.63, 3.8) is 0 Å². The molecule has 0 bridgehead atoms. The smallest absolute Gasteiger partial charge is 0.150 e.